The number of nitrogens with one attached hydrogen (secondary N) is 1. The van der Waals surface area contributed by atoms with Crippen LogP contribution in [0.25, 0.3) is 0 Å². The van der Waals surface area contributed by atoms with Gasteiger partial charge in [0.15, 0.2) is 13.4 Å². The number of nitrogens with zero attached hydrogens (tertiary/aromatic N) is 4. The number of rotatable bonds is 10. The average molecular weight is 692 g/mol. The van der Waals surface area contributed by atoms with Gasteiger partial charge >= 0.3 is 6.09 Å². The maximum Gasteiger partial charge on any atom is 0.410 e. The minimum Gasteiger partial charge on any atom is -0.445 e. The molecule has 0 radical (unpaired) electrons. The van der Waals surface area contributed by atoms with Crippen LogP contribution in [-0.4, -0.2) is 114 Å². The van der Waals surface area contributed by atoms with Crippen molar-refractivity contribution in [2.75, 3.05) is 39.8 Å². The minimum atomic E-state index is -2.14. The van der Waals surface area contributed by atoms with Crippen LogP contribution in [0.4, 0.5) is 10.5 Å². The average Bonchev–Trinajstić information content (AvgIpc) is 3.41. The summed E-state index contributed by atoms with van der Waals surface area (Å²) in [5, 5.41) is 13.4. The standard InChI is InChI=1S/C32H49N5O8SSi/c1-20(27-26(28(38)33-27)21(2)45-47(7,8)32(3,4)5)30(40)46-24-17-25(29(39)35-15-13-34(6)14-16-35)36(18-24)31(41)44-19-22-9-11-23(12-10-22)37(42)43/h9-12,20-21,24-27H,13-19H2,1-8H3,(H,33,38)/t20-,21-,24+,25+,26-,27-/m1/s1. The Balaban J connectivity index is 1.42. The van der Waals surface area contributed by atoms with Crippen molar-refractivity contribution < 1.29 is 33.3 Å². The van der Waals surface area contributed by atoms with Crippen LogP contribution in [0.5, 0.6) is 0 Å². The summed E-state index contributed by atoms with van der Waals surface area (Å²) in [7, 11) is -0.146. The monoisotopic (exact) mass is 691 g/mol. The van der Waals surface area contributed by atoms with Crippen molar-refractivity contribution in [3.63, 3.8) is 0 Å². The van der Waals surface area contributed by atoms with E-state index in [1.54, 1.807) is 4.90 Å². The smallest absolute Gasteiger partial charge is 0.410 e. The summed E-state index contributed by atoms with van der Waals surface area (Å²) in [6, 6.07) is 4.57. The van der Waals surface area contributed by atoms with E-state index in [4.69, 9.17) is 9.16 Å². The van der Waals surface area contributed by atoms with E-state index < -0.39 is 37.2 Å². The second-order valence-electron chi connectivity index (χ2n) is 14.5. The molecule has 1 N–H and O–H groups in total. The van der Waals surface area contributed by atoms with E-state index >= 15 is 0 Å². The van der Waals surface area contributed by atoms with Gasteiger partial charge in [0, 0.05) is 56.0 Å². The Morgan fingerprint density at radius 3 is 2.28 bits per heavy atom. The Bertz CT molecular complexity index is 1350. The number of nitro groups is 1. The molecule has 15 heteroatoms. The van der Waals surface area contributed by atoms with E-state index in [1.165, 1.54) is 29.2 Å². The summed E-state index contributed by atoms with van der Waals surface area (Å²) >= 11 is 1.12. The van der Waals surface area contributed by atoms with Crippen molar-refractivity contribution >= 4 is 48.8 Å². The maximum absolute atomic E-state index is 13.7. The molecular weight excluding hydrogens is 643 g/mol. The summed E-state index contributed by atoms with van der Waals surface area (Å²) in [5.74, 6) is -1.23. The number of benzene rings is 1. The summed E-state index contributed by atoms with van der Waals surface area (Å²) in [5.41, 5.74) is 0.505. The first-order chi connectivity index (χ1) is 21.9. The Morgan fingerprint density at radius 1 is 1.11 bits per heavy atom. The van der Waals surface area contributed by atoms with Crippen LogP contribution < -0.4 is 5.32 Å². The van der Waals surface area contributed by atoms with Crippen molar-refractivity contribution in [1.29, 1.82) is 0 Å². The molecule has 3 aliphatic rings. The van der Waals surface area contributed by atoms with E-state index in [-0.39, 0.29) is 58.2 Å². The molecular formula is C32H49N5O8SSi. The normalized spacial score (nSPS) is 25.1. The number of hydrogen-bond donors (Lipinski definition) is 1. The second-order valence-corrected chi connectivity index (χ2v) is 20.6. The molecule has 3 saturated heterocycles. The largest absolute Gasteiger partial charge is 0.445 e. The summed E-state index contributed by atoms with van der Waals surface area (Å²) in [6.07, 6.45) is -0.720. The van der Waals surface area contributed by atoms with Crippen LogP contribution in [0.15, 0.2) is 24.3 Å². The van der Waals surface area contributed by atoms with E-state index in [0.717, 1.165) is 24.9 Å². The van der Waals surface area contributed by atoms with Gasteiger partial charge in [0.25, 0.3) is 5.69 Å². The van der Waals surface area contributed by atoms with Crippen LogP contribution in [0.1, 0.15) is 46.6 Å². The molecule has 3 heterocycles. The Morgan fingerprint density at radius 2 is 1.72 bits per heavy atom. The summed E-state index contributed by atoms with van der Waals surface area (Å²) in [6.45, 7) is 17.0. The molecule has 3 amide bonds. The molecule has 3 aliphatic heterocycles. The minimum absolute atomic E-state index is 0.0241. The molecule has 1 aromatic carbocycles. The number of likely N-dealkylation sites (N-methyl/N-ethyl adjacent to an activating group) is 1. The van der Waals surface area contributed by atoms with Gasteiger partial charge in [0.1, 0.15) is 12.6 Å². The first kappa shape index (κ1) is 36.8. The highest BCUT2D eigenvalue weighted by atomic mass is 32.2. The zero-order valence-corrected chi connectivity index (χ0v) is 30.5. The zero-order chi connectivity index (χ0) is 34.8. The number of carbonyl (C=O) groups is 4. The SMILES string of the molecule is C[C@@H](O[Si](C)(C)C(C)(C)C)[C@H]1C(=O)N[C@@H]1[C@@H](C)C(=O)S[C@H]1C[C@@H](C(=O)N2CCN(C)CC2)N(C(=O)OCc2ccc([N+](=O)[O-])cc2)C1. The first-order valence-electron chi connectivity index (χ1n) is 16.2. The lowest BCUT2D eigenvalue weighted by Crippen LogP contribution is -2.66. The maximum atomic E-state index is 13.7. The van der Waals surface area contributed by atoms with Gasteiger partial charge in [-0.2, -0.15) is 0 Å². The van der Waals surface area contributed by atoms with Gasteiger partial charge in [-0.3, -0.25) is 29.4 Å². The predicted octanol–water partition coefficient (Wildman–Crippen LogP) is 3.87. The number of nitro benzene ring substituents is 1. The Kier molecular flexibility index (Phi) is 11.5. The van der Waals surface area contributed by atoms with Crippen LogP contribution in [0, 0.1) is 22.0 Å². The Hall–Kier alpha value is -3.01. The number of amides is 3. The fourth-order valence-corrected chi connectivity index (χ4v) is 8.62. The lowest BCUT2D eigenvalue weighted by Gasteiger charge is -2.46. The van der Waals surface area contributed by atoms with Crippen LogP contribution >= 0.6 is 11.8 Å². The second kappa shape index (κ2) is 14.6. The van der Waals surface area contributed by atoms with Crippen molar-refractivity contribution in [2.45, 2.75) is 89.2 Å². The van der Waals surface area contributed by atoms with Gasteiger partial charge in [-0.1, -0.05) is 39.5 Å². The molecule has 0 aromatic heterocycles. The summed E-state index contributed by atoms with van der Waals surface area (Å²) in [4.78, 5) is 69.2. The molecule has 47 heavy (non-hydrogen) atoms. The van der Waals surface area contributed by atoms with E-state index in [1.807, 2.05) is 20.9 Å². The molecule has 0 unspecified atom stereocenters. The molecule has 0 aliphatic carbocycles. The van der Waals surface area contributed by atoms with Crippen LogP contribution in [0.3, 0.4) is 0 Å². The van der Waals surface area contributed by atoms with E-state index in [0.29, 0.717) is 25.1 Å². The van der Waals surface area contributed by atoms with Crippen LogP contribution in [0.2, 0.25) is 18.1 Å². The topological polar surface area (TPSA) is 152 Å². The van der Waals surface area contributed by atoms with Crippen molar-refractivity contribution in [3.8, 4) is 0 Å². The molecule has 0 saturated carbocycles. The number of hydrogen-bond acceptors (Lipinski definition) is 10. The van der Waals surface area contributed by atoms with E-state index in [2.05, 4.69) is 44.1 Å². The molecule has 13 nitrogen and oxygen atoms in total. The van der Waals surface area contributed by atoms with Crippen molar-refractivity contribution in [1.82, 2.24) is 20.0 Å². The third kappa shape index (κ3) is 8.53. The van der Waals surface area contributed by atoms with Gasteiger partial charge in [-0.05, 0) is 56.2 Å². The van der Waals surface area contributed by atoms with Gasteiger partial charge < -0.3 is 24.3 Å². The highest BCUT2D eigenvalue weighted by Crippen LogP contribution is 2.40. The lowest BCUT2D eigenvalue weighted by molar-refractivity contribution is -0.384. The number of piperazine rings is 1. The number of non-ortho nitro benzene ring substituents is 1. The third-order valence-electron chi connectivity index (χ3n) is 10.1. The fourth-order valence-electron chi connectivity index (χ4n) is 5.99. The van der Waals surface area contributed by atoms with Gasteiger partial charge in [-0.15, -0.1) is 0 Å². The van der Waals surface area contributed by atoms with Crippen molar-refractivity contribution in [3.05, 3.63) is 39.9 Å². The number of thioether (sulfide) groups is 1. The number of likely N-dealkylation sites (tertiary alicyclic amines) is 1. The molecule has 3 fully saturated rings. The number of carbonyl (C=O) groups excluding carboxylic acids is 4. The first-order valence-corrected chi connectivity index (χ1v) is 20.0. The van der Waals surface area contributed by atoms with E-state index in [9.17, 15) is 29.3 Å². The molecule has 4 rings (SSSR count). The molecule has 0 bridgehead atoms. The molecule has 1 aromatic rings. The highest BCUT2D eigenvalue weighted by Gasteiger charge is 2.51. The quantitative estimate of drug-likeness (QED) is 0.166. The third-order valence-corrected chi connectivity index (χ3v) is 15.9. The fraction of sp³-hybridized carbons (Fsp3) is 0.688. The number of ether oxygens (including phenoxy) is 1. The summed E-state index contributed by atoms with van der Waals surface area (Å²) < 4.78 is 12.1. The molecule has 260 valence electrons. The van der Waals surface area contributed by atoms with Crippen molar-refractivity contribution in [2.24, 2.45) is 11.8 Å². The number of β-lactam (4-membered cyclic amide) rings is 1. The van der Waals surface area contributed by atoms with Gasteiger partial charge in [0.2, 0.25) is 11.8 Å². The van der Waals surface area contributed by atoms with Gasteiger partial charge in [-0.25, -0.2) is 4.79 Å². The van der Waals surface area contributed by atoms with Gasteiger partial charge in [0.05, 0.1) is 23.0 Å². The Labute approximate surface area is 282 Å². The lowest BCUT2D eigenvalue weighted by atomic mass is 9.79. The molecule has 6 atom stereocenters. The highest BCUT2D eigenvalue weighted by molar-refractivity contribution is 8.14. The molecule has 0 spiro atoms. The van der Waals surface area contributed by atoms with Crippen LogP contribution in [-0.2, 0) is 30.2 Å². The zero-order valence-electron chi connectivity index (χ0n) is 28.7. The predicted molar refractivity (Wildman–Crippen MR) is 181 cm³/mol.